The van der Waals surface area contributed by atoms with E-state index in [-0.39, 0.29) is 18.1 Å². The Hall–Kier alpha value is -2.37. The summed E-state index contributed by atoms with van der Waals surface area (Å²) in [6.45, 7) is 5.51. The molecule has 1 aliphatic heterocycles. The van der Waals surface area contributed by atoms with Crippen molar-refractivity contribution >= 4 is 6.09 Å². The third-order valence-corrected chi connectivity index (χ3v) is 6.11. The molecular formula is C24H30N2O3. The molecule has 0 bridgehead atoms. The van der Waals surface area contributed by atoms with Gasteiger partial charge in [-0.15, -0.1) is 0 Å². The highest BCUT2D eigenvalue weighted by molar-refractivity contribution is 5.79. The summed E-state index contributed by atoms with van der Waals surface area (Å²) < 4.78 is 5.61. The van der Waals surface area contributed by atoms with Crippen molar-refractivity contribution in [1.82, 2.24) is 10.2 Å². The van der Waals surface area contributed by atoms with E-state index in [0.29, 0.717) is 19.1 Å². The minimum atomic E-state index is -0.335. The molecule has 1 unspecified atom stereocenters. The molecule has 29 heavy (non-hydrogen) atoms. The lowest BCUT2D eigenvalue weighted by Crippen LogP contribution is -2.41. The smallest absolute Gasteiger partial charge is 0.407 e. The summed E-state index contributed by atoms with van der Waals surface area (Å²) in [4.78, 5) is 14.6. The van der Waals surface area contributed by atoms with Gasteiger partial charge in [-0.05, 0) is 61.0 Å². The van der Waals surface area contributed by atoms with Crippen molar-refractivity contribution in [2.75, 3.05) is 32.8 Å². The first-order valence-electron chi connectivity index (χ1n) is 10.6. The van der Waals surface area contributed by atoms with Crippen LogP contribution in [0.1, 0.15) is 36.8 Å². The summed E-state index contributed by atoms with van der Waals surface area (Å²) in [5.41, 5.74) is 4.93. The standard InChI is InChI=1S/C24H30N2O3/c1-17(27)15-26-12-10-18(11-13-26)14-25-24(28)29-16-23-21-8-4-2-6-19(21)20-7-3-5-9-22(20)23/h2-9,17-18,23,27H,10-16H2,1H3,(H,25,28). The van der Waals surface area contributed by atoms with Gasteiger partial charge in [0.15, 0.2) is 0 Å². The van der Waals surface area contributed by atoms with Crippen LogP contribution in [-0.4, -0.2) is 55.0 Å². The van der Waals surface area contributed by atoms with E-state index < -0.39 is 0 Å². The highest BCUT2D eigenvalue weighted by Gasteiger charge is 2.29. The van der Waals surface area contributed by atoms with E-state index in [1.165, 1.54) is 22.3 Å². The molecular weight excluding hydrogens is 364 g/mol. The number of nitrogens with one attached hydrogen (secondary N) is 1. The molecule has 1 atom stereocenters. The molecule has 2 aliphatic rings. The van der Waals surface area contributed by atoms with E-state index in [9.17, 15) is 9.90 Å². The highest BCUT2D eigenvalue weighted by Crippen LogP contribution is 2.44. The Morgan fingerprint density at radius 1 is 1.10 bits per heavy atom. The monoisotopic (exact) mass is 394 g/mol. The van der Waals surface area contributed by atoms with E-state index in [0.717, 1.165) is 32.5 Å². The molecule has 0 saturated carbocycles. The average molecular weight is 395 g/mol. The van der Waals surface area contributed by atoms with Gasteiger partial charge in [-0.25, -0.2) is 4.79 Å². The summed E-state index contributed by atoms with van der Waals surface area (Å²) in [5.74, 6) is 0.567. The number of piperidine rings is 1. The number of hydrogen-bond donors (Lipinski definition) is 2. The van der Waals surface area contributed by atoms with Crippen molar-refractivity contribution in [3.63, 3.8) is 0 Å². The molecule has 1 fully saturated rings. The van der Waals surface area contributed by atoms with Gasteiger partial charge >= 0.3 is 6.09 Å². The lowest BCUT2D eigenvalue weighted by Gasteiger charge is -2.32. The van der Waals surface area contributed by atoms with Crippen LogP contribution in [0.2, 0.25) is 0 Å². The molecule has 0 radical (unpaired) electrons. The van der Waals surface area contributed by atoms with Crippen molar-refractivity contribution < 1.29 is 14.6 Å². The average Bonchev–Trinajstić information content (AvgIpc) is 3.05. The molecule has 0 aromatic heterocycles. The zero-order chi connectivity index (χ0) is 20.2. The number of rotatable bonds is 6. The van der Waals surface area contributed by atoms with Crippen LogP contribution < -0.4 is 5.32 Å². The number of nitrogens with zero attached hydrogens (tertiary/aromatic N) is 1. The van der Waals surface area contributed by atoms with Crippen LogP contribution in [0.3, 0.4) is 0 Å². The molecule has 2 N–H and O–H groups in total. The Morgan fingerprint density at radius 2 is 1.69 bits per heavy atom. The van der Waals surface area contributed by atoms with Crippen LogP contribution in [0, 0.1) is 5.92 Å². The number of likely N-dealkylation sites (tertiary alicyclic amines) is 1. The lowest BCUT2D eigenvalue weighted by atomic mass is 9.96. The van der Waals surface area contributed by atoms with Gasteiger partial charge in [-0.3, -0.25) is 0 Å². The lowest BCUT2D eigenvalue weighted by molar-refractivity contribution is 0.0982. The van der Waals surface area contributed by atoms with Gasteiger partial charge in [-0.1, -0.05) is 48.5 Å². The number of alkyl carbamates (subject to hydrolysis) is 1. The van der Waals surface area contributed by atoms with Crippen LogP contribution in [0.4, 0.5) is 4.79 Å². The van der Waals surface area contributed by atoms with Crippen LogP contribution in [0.25, 0.3) is 11.1 Å². The molecule has 1 amide bonds. The number of aliphatic hydroxyl groups excluding tert-OH is 1. The first-order chi connectivity index (χ1) is 14.1. The minimum absolute atomic E-state index is 0.0943. The van der Waals surface area contributed by atoms with Gasteiger partial charge in [0.1, 0.15) is 6.61 Å². The van der Waals surface area contributed by atoms with Gasteiger partial charge in [-0.2, -0.15) is 0 Å². The molecule has 154 valence electrons. The van der Waals surface area contributed by atoms with E-state index in [2.05, 4.69) is 46.6 Å². The van der Waals surface area contributed by atoms with Crippen molar-refractivity contribution in [3.05, 3.63) is 59.7 Å². The van der Waals surface area contributed by atoms with Gasteiger partial charge < -0.3 is 20.1 Å². The van der Waals surface area contributed by atoms with Gasteiger partial charge in [0.25, 0.3) is 0 Å². The second-order valence-corrected chi connectivity index (χ2v) is 8.30. The molecule has 1 aliphatic carbocycles. The Morgan fingerprint density at radius 3 is 2.28 bits per heavy atom. The fourth-order valence-electron chi connectivity index (χ4n) is 4.62. The maximum Gasteiger partial charge on any atom is 0.407 e. The molecule has 5 heteroatoms. The molecule has 2 aromatic carbocycles. The van der Waals surface area contributed by atoms with E-state index in [4.69, 9.17) is 4.74 Å². The fourth-order valence-corrected chi connectivity index (χ4v) is 4.62. The number of carbonyl (C=O) groups is 1. The number of amides is 1. The van der Waals surface area contributed by atoms with Gasteiger partial charge in [0.05, 0.1) is 6.10 Å². The number of fused-ring (bicyclic) bond motifs is 3. The maximum absolute atomic E-state index is 12.3. The Labute approximate surface area is 172 Å². The summed E-state index contributed by atoms with van der Waals surface area (Å²) in [6.07, 6.45) is 1.45. The zero-order valence-corrected chi connectivity index (χ0v) is 17.0. The van der Waals surface area contributed by atoms with Crippen LogP contribution >= 0.6 is 0 Å². The third-order valence-electron chi connectivity index (χ3n) is 6.11. The highest BCUT2D eigenvalue weighted by atomic mass is 16.5. The summed E-state index contributed by atoms with van der Waals surface area (Å²) in [5, 5.41) is 12.5. The number of aliphatic hydroxyl groups is 1. The topological polar surface area (TPSA) is 61.8 Å². The first-order valence-corrected chi connectivity index (χ1v) is 10.6. The number of β-amino-alcohol motifs (C(OH)–C–C–N with tert-alkyl or cyclic N) is 1. The van der Waals surface area contributed by atoms with Crippen LogP contribution in [0.15, 0.2) is 48.5 Å². The van der Waals surface area contributed by atoms with E-state index >= 15 is 0 Å². The molecule has 1 saturated heterocycles. The minimum Gasteiger partial charge on any atom is -0.449 e. The predicted octanol–water partition coefficient (Wildman–Crippen LogP) is 3.62. The van der Waals surface area contributed by atoms with Crippen molar-refractivity contribution in [2.24, 2.45) is 5.92 Å². The zero-order valence-electron chi connectivity index (χ0n) is 17.0. The van der Waals surface area contributed by atoms with E-state index in [1.807, 2.05) is 19.1 Å². The second-order valence-electron chi connectivity index (χ2n) is 8.30. The second kappa shape index (κ2) is 8.97. The summed E-state index contributed by atoms with van der Waals surface area (Å²) in [6, 6.07) is 16.7. The maximum atomic E-state index is 12.3. The Balaban J connectivity index is 1.27. The summed E-state index contributed by atoms with van der Waals surface area (Å²) >= 11 is 0. The first kappa shape index (κ1) is 19.9. The quantitative estimate of drug-likeness (QED) is 0.786. The fraction of sp³-hybridized carbons (Fsp3) is 0.458. The summed E-state index contributed by atoms with van der Waals surface area (Å²) in [7, 11) is 0. The molecule has 4 rings (SSSR count). The normalized spacial score (nSPS) is 18.1. The number of ether oxygens (including phenoxy) is 1. The SMILES string of the molecule is CC(O)CN1CCC(CNC(=O)OCC2c3ccccc3-c3ccccc32)CC1. The molecule has 2 aromatic rings. The van der Waals surface area contributed by atoms with Gasteiger partial charge in [0.2, 0.25) is 0 Å². The number of benzene rings is 2. The third kappa shape index (κ3) is 4.62. The van der Waals surface area contributed by atoms with E-state index in [1.54, 1.807) is 0 Å². The Kier molecular flexibility index (Phi) is 6.16. The Bertz CT molecular complexity index is 798. The molecule has 0 spiro atoms. The predicted molar refractivity (Wildman–Crippen MR) is 114 cm³/mol. The molecule has 1 heterocycles. The van der Waals surface area contributed by atoms with Crippen molar-refractivity contribution in [3.8, 4) is 11.1 Å². The van der Waals surface area contributed by atoms with Gasteiger partial charge in [0, 0.05) is 19.0 Å². The van der Waals surface area contributed by atoms with Crippen LogP contribution in [-0.2, 0) is 4.74 Å². The van der Waals surface area contributed by atoms with Crippen LogP contribution in [0.5, 0.6) is 0 Å². The van der Waals surface area contributed by atoms with Crippen molar-refractivity contribution in [1.29, 1.82) is 0 Å². The number of hydrogen-bond acceptors (Lipinski definition) is 4. The largest absolute Gasteiger partial charge is 0.449 e. The molecule has 5 nitrogen and oxygen atoms in total. The van der Waals surface area contributed by atoms with Crippen molar-refractivity contribution in [2.45, 2.75) is 31.8 Å². The number of carbonyl (C=O) groups excluding carboxylic acids is 1.